The predicted molar refractivity (Wildman–Crippen MR) is 193 cm³/mol. The van der Waals surface area contributed by atoms with Crippen LogP contribution in [0, 0.1) is 5.82 Å². The molecular formula is C39H34FN3O6S. The average molecular weight is 692 g/mol. The van der Waals surface area contributed by atoms with Gasteiger partial charge in [-0.25, -0.2) is 4.39 Å². The highest BCUT2D eigenvalue weighted by atomic mass is 32.2. The summed E-state index contributed by atoms with van der Waals surface area (Å²) in [6.07, 6.45) is 1.50. The van der Waals surface area contributed by atoms with Gasteiger partial charge in [-0.2, -0.15) is 0 Å². The smallest absolute Gasteiger partial charge is 0.272 e. The normalized spacial score (nSPS) is 11.6. The minimum atomic E-state index is -0.697. The number of methoxy groups -OCH3 is 3. The minimum absolute atomic E-state index is 0.0412. The Bertz CT molecular complexity index is 1960. The molecule has 0 aliphatic heterocycles. The fourth-order valence-electron chi connectivity index (χ4n) is 4.91. The Labute approximate surface area is 293 Å². The van der Waals surface area contributed by atoms with E-state index in [-0.39, 0.29) is 17.3 Å². The third kappa shape index (κ3) is 8.88. The Morgan fingerprint density at radius 3 is 1.92 bits per heavy atom. The van der Waals surface area contributed by atoms with Crippen LogP contribution in [0.4, 0.5) is 15.8 Å². The van der Waals surface area contributed by atoms with Crippen molar-refractivity contribution in [3.63, 3.8) is 0 Å². The maximum atomic E-state index is 14.3. The molecule has 5 aromatic rings. The summed E-state index contributed by atoms with van der Waals surface area (Å²) >= 11 is 1.28. The van der Waals surface area contributed by atoms with Gasteiger partial charge in [0.1, 0.15) is 16.8 Å². The number of rotatable bonds is 13. The second-order valence-electron chi connectivity index (χ2n) is 10.7. The summed E-state index contributed by atoms with van der Waals surface area (Å²) in [6, 6.07) is 33.9. The van der Waals surface area contributed by atoms with Crippen LogP contribution in [0.5, 0.6) is 17.2 Å². The number of thioether (sulfide) groups is 1. The van der Waals surface area contributed by atoms with Crippen molar-refractivity contribution in [3.8, 4) is 17.2 Å². The Balaban J connectivity index is 1.38. The van der Waals surface area contributed by atoms with Crippen LogP contribution in [-0.2, 0) is 9.59 Å². The number of carbonyl (C=O) groups is 3. The second kappa shape index (κ2) is 16.8. The number of amides is 3. The lowest BCUT2D eigenvalue weighted by atomic mass is 10.1. The average Bonchev–Trinajstić information content (AvgIpc) is 3.15. The number of hydrogen-bond acceptors (Lipinski definition) is 7. The van der Waals surface area contributed by atoms with Crippen LogP contribution in [0.2, 0.25) is 0 Å². The molecule has 11 heteroatoms. The van der Waals surface area contributed by atoms with Crippen molar-refractivity contribution in [3.05, 3.63) is 150 Å². The molecule has 9 nitrogen and oxygen atoms in total. The van der Waals surface area contributed by atoms with E-state index in [1.54, 1.807) is 78.9 Å². The Kier molecular flexibility index (Phi) is 11.9. The van der Waals surface area contributed by atoms with Crippen LogP contribution in [0.15, 0.2) is 132 Å². The molecule has 3 N–H and O–H groups in total. The molecule has 5 rings (SSSR count). The van der Waals surface area contributed by atoms with Gasteiger partial charge in [-0.05, 0) is 77.9 Å². The van der Waals surface area contributed by atoms with Gasteiger partial charge >= 0.3 is 0 Å². The van der Waals surface area contributed by atoms with E-state index >= 15 is 0 Å². The van der Waals surface area contributed by atoms with Crippen molar-refractivity contribution in [2.24, 2.45) is 0 Å². The quantitative estimate of drug-likeness (QED) is 0.0855. The van der Waals surface area contributed by atoms with E-state index in [9.17, 15) is 18.8 Å². The molecule has 1 atom stereocenters. The standard InChI is InChI=1S/C39H34FN3O6S/c1-47-33-23-25(24-34(48-2)35(33)49-3)22-32(43-37(44)27-14-8-5-9-15-27)38(45)41-28-18-20-29(21-19-28)50-36(26-12-6-4-7-13-26)39(46)42-31-17-11-10-16-30(31)40/h4-24,36H,1-3H3,(H,41,45)(H,42,46)(H,43,44)/b32-22-. The molecule has 0 bridgehead atoms. The number of carbonyl (C=O) groups excluding carboxylic acids is 3. The molecule has 0 spiro atoms. The number of nitrogens with one attached hydrogen (secondary N) is 3. The van der Waals surface area contributed by atoms with Gasteiger partial charge in [0.15, 0.2) is 11.5 Å². The summed E-state index contributed by atoms with van der Waals surface area (Å²) in [7, 11) is 4.45. The molecule has 1 unspecified atom stereocenters. The lowest BCUT2D eigenvalue weighted by molar-refractivity contribution is -0.116. The highest BCUT2D eigenvalue weighted by Gasteiger charge is 2.23. The summed E-state index contributed by atoms with van der Waals surface area (Å²) in [5.74, 6) is -0.866. The van der Waals surface area contributed by atoms with Gasteiger partial charge in [-0.1, -0.05) is 60.7 Å². The maximum absolute atomic E-state index is 14.3. The molecule has 254 valence electrons. The topological polar surface area (TPSA) is 115 Å². The van der Waals surface area contributed by atoms with E-state index in [0.29, 0.717) is 34.1 Å². The zero-order valence-electron chi connectivity index (χ0n) is 27.4. The first-order valence-electron chi connectivity index (χ1n) is 15.4. The van der Waals surface area contributed by atoms with Gasteiger partial charge in [-0.15, -0.1) is 11.8 Å². The van der Waals surface area contributed by atoms with Crippen molar-refractivity contribution in [1.82, 2.24) is 5.32 Å². The first-order chi connectivity index (χ1) is 24.3. The van der Waals surface area contributed by atoms with Crippen molar-refractivity contribution in [2.45, 2.75) is 10.1 Å². The van der Waals surface area contributed by atoms with Gasteiger partial charge in [0.2, 0.25) is 11.7 Å². The molecule has 0 heterocycles. The minimum Gasteiger partial charge on any atom is -0.493 e. The lowest BCUT2D eigenvalue weighted by Crippen LogP contribution is -2.30. The van der Waals surface area contributed by atoms with Gasteiger partial charge in [0.05, 0.1) is 27.0 Å². The van der Waals surface area contributed by atoms with Crippen molar-refractivity contribution < 1.29 is 33.0 Å². The third-order valence-electron chi connectivity index (χ3n) is 7.37. The molecule has 0 aliphatic rings. The number of ether oxygens (including phenoxy) is 3. The fourth-order valence-corrected chi connectivity index (χ4v) is 5.93. The Hall–Kier alpha value is -6.07. The monoisotopic (exact) mass is 691 g/mol. The number of hydrogen-bond donors (Lipinski definition) is 3. The number of para-hydroxylation sites is 1. The molecule has 50 heavy (non-hydrogen) atoms. The van der Waals surface area contributed by atoms with Crippen molar-refractivity contribution in [1.29, 1.82) is 0 Å². The van der Waals surface area contributed by atoms with Crippen molar-refractivity contribution >= 4 is 46.9 Å². The summed E-state index contributed by atoms with van der Waals surface area (Å²) in [6.45, 7) is 0. The van der Waals surface area contributed by atoms with Gasteiger partial charge < -0.3 is 30.2 Å². The predicted octanol–water partition coefficient (Wildman–Crippen LogP) is 7.73. The van der Waals surface area contributed by atoms with E-state index in [0.717, 1.165) is 10.5 Å². The number of anilines is 2. The van der Waals surface area contributed by atoms with Gasteiger partial charge in [-0.3, -0.25) is 14.4 Å². The molecule has 0 aliphatic carbocycles. The lowest BCUT2D eigenvalue weighted by Gasteiger charge is -2.18. The zero-order chi connectivity index (χ0) is 35.5. The SMILES string of the molecule is COc1cc(/C=C(\NC(=O)c2ccccc2)C(=O)Nc2ccc(SC(C(=O)Nc3ccccc3F)c3ccccc3)cc2)cc(OC)c1OC. The van der Waals surface area contributed by atoms with Crippen LogP contribution in [0.3, 0.4) is 0 Å². The van der Waals surface area contributed by atoms with E-state index in [1.807, 2.05) is 30.3 Å². The zero-order valence-corrected chi connectivity index (χ0v) is 28.3. The van der Waals surface area contributed by atoms with E-state index in [2.05, 4.69) is 16.0 Å². The maximum Gasteiger partial charge on any atom is 0.272 e. The Morgan fingerprint density at radius 2 is 1.32 bits per heavy atom. The molecule has 0 radical (unpaired) electrons. The molecule has 0 saturated heterocycles. The van der Waals surface area contributed by atoms with E-state index < -0.39 is 22.9 Å². The fraction of sp³-hybridized carbons (Fsp3) is 0.103. The molecule has 5 aromatic carbocycles. The largest absolute Gasteiger partial charge is 0.493 e. The second-order valence-corrected chi connectivity index (χ2v) is 11.9. The van der Waals surface area contributed by atoms with Crippen molar-refractivity contribution in [2.75, 3.05) is 32.0 Å². The number of halogens is 1. The Morgan fingerprint density at radius 1 is 0.720 bits per heavy atom. The molecule has 0 fully saturated rings. The van der Waals surface area contributed by atoms with Crippen LogP contribution in [0.25, 0.3) is 6.08 Å². The summed E-state index contributed by atoms with van der Waals surface area (Å²) in [5.41, 5.74) is 2.10. The van der Waals surface area contributed by atoms with Gasteiger partial charge in [0, 0.05) is 16.1 Å². The molecule has 0 aromatic heterocycles. The van der Waals surface area contributed by atoms with Crippen LogP contribution in [-0.4, -0.2) is 39.1 Å². The van der Waals surface area contributed by atoms with Crippen LogP contribution < -0.4 is 30.2 Å². The van der Waals surface area contributed by atoms with E-state index in [1.165, 1.54) is 51.3 Å². The highest BCUT2D eigenvalue weighted by Crippen LogP contribution is 2.39. The molecule has 0 saturated carbocycles. The van der Waals surface area contributed by atoms with Crippen LogP contribution >= 0.6 is 11.8 Å². The first kappa shape index (κ1) is 35.2. The number of benzene rings is 5. The van der Waals surface area contributed by atoms with E-state index in [4.69, 9.17) is 14.2 Å². The third-order valence-corrected chi connectivity index (χ3v) is 8.63. The highest BCUT2D eigenvalue weighted by molar-refractivity contribution is 8.00. The summed E-state index contributed by atoms with van der Waals surface area (Å²) < 4.78 is 30.7. The van der Waals surface area contributed by atoms with Gasteiger partial charge in [0.25, 0.3) is 11.8 Å². The molecular weight excluding hydrogens is 658 g/mol. The summed E-state index contributed by atoms with van der Waals surface area (Å²) in [4.78, 5) is 41.0. The van der Waals surface area contributed by atoms with Crippen LogP contribution in [0.1, 0.15) is 26.7 Å². The first-order valence-corrected chi connectivity index (χ1v) is 16.2. The molecule has 3 amide bonds. The summed E-state index contributed by atoms with van der Waals surface area (Å²) in [5, 5.41) is 7.55.